The van der Waals surface area contributed by atoms with E-state index in [4.69, 9.17) is 0 Å². The largest absolute Gasteiger partial charge is 0.348 e. The lowest BCUT2D eigenvalue weighted by molar-refractivity contribution is -0.121. The summed E-state index contributed by atoms with van der Waals surface area (Å²) >= 11 is 0. The maximum Gasteiger partial charge on any atom is 0.244 e. The Hall–Kier alpha value is -3.03. The summed E-state index contributed by atoms with van der Waals surface area (Å²) in [6, 6.07) is 18.7. The van der Waals surface area contributed by atoms with Crippen LogP contribution in [0.15, 0.2) is 71.6 Å². The van der Waals surface area contributed by atoms with Crippen LogP contribution >= 0.6 is 0 Å². The first kappa shape index (κ1) is 25.6. The van der Waals surface area contributed by atoms with Crippen molar-refractivity contribution in [2.24, 2.45) is 0 Å². The van der Waals surface area contributed by atoms with Gasteiger partial charge in [-0.1, -0.05) is 60.2 Å². The number of nitrogens with one attached hydrogen (secondary N) is 1. The van der Waals surface area contributed by atoms with Gasteiger partial charge in [0, 0.05) is 6.54 Å². The fraction of sp³-hybridized carbons (Fsp3) is 0.296. The van der Waals surface area contributed by atoms with Crippen molar-refractivity contribution in [3.05, 3.63) is 100 Å². The van der Waals surface area contributed by atoms with E-state index < -0.39 is 22.0 Å². The summed E-state index contributed by atoms with van der Waals surface area (Å²) in [6.07, 6.45) is 0.477. The van der Waals surface area contributed by atoms with Gasteiger partial charge in [-0.2, -0.15) is 4.31 Å². The van der Waals surface area contributed by atoms with Gasteiger partial charge in [0.2, 0.25) is 15.9 Å². The van der Waals surface area contributed by atoms with Crippen LogP contribution < -0.4 is 5.32 Å². The minimum Gasteiger partial charge on any atom is -0.348 e. The molecule has 1 amide bonds. The summed E-state index contributed by atoms with van der Waals surface area (Å²) in [5, 5.41) is 2.84. The molecule has 1 N–H and O–H groups in total. The fourth-order valence-electron chi connectivity index (χ4n) is 4.17. The summed E-state index contributed by atoms with van der Waals surface area (Å²) in [5.41, 5.74) is 4.01. The number of amides is 1. The molecule has 0 aromatic heterocycles. The standard InChI is InChI=1S/C27H31FN2O3S/c1-19-16-20(2)27(21(3)17-19)34(32,33)30(15-14-23-8-6-5-7-9-23)18-26(31)29-22(4)24-10-12-25(28)13-11-24/h5-13,16-17,22H,14-15,18H2,1-4H3,(H,29,31). The molecule has 0 bridgehead atoms. The fourth-order valence-corrected chi connectivity index (χ4v) is 5.98. The number of rotatable bonds is 9. The molecule has 0 aliphatic heterocycles. The van der Waals surface area contributed by atoms with E-state index in [2.05, 4.69) is 5.32 Å². The number of hydrogen-bond donors (Lipinski definition) is 1. The molecule has 0 saturated carbocycles. The van der Waals surface area contributed by atoms with Crippen molar-refractivity contribution >= 4 is 15.9 Å². The van der Waals surface area contributed by atoms with E-state index in [1.807, 2.05) is 49.4 Å². The predicted octanol–water partition coefficient (Wildman–Crippen LogP) is 4.86. The molecule has 3 rings (SSSR count). The van der Waals surface area contributed by atoms with Crippen molar-refractivity contribution in [3.8, 4) is 0 Å². The van der Waals surface area contributed by atoms with Crippen LogP contribution in [0.3, 0.4) is 0 Å². The molecule has 0 aliphatic rings. The van der Waals surface area contributed by atoms with Gasteiger partial charge in [0.15, 0.2) is 0 Å². The van der Waals surface area contributed by atoms with E-state index in [9.17, 15) is 17.6 Å². The van der Waals surface area contributed by atoms with E-state index in [-0.39, 0.29) is 23.8 Å². The molecular formula is C27H31FN2O3S. The normalized spacial score (nSPS) is 12.5. The van der Waals surface area contributed by atoms with Gasteiger partial charge in [-0.3, -0.25) is 4.79 Å². The van der Waals surface area contributed by atoms with Gasteiger partial charge >= 0.3 is 0 Å². The lowest BCUT2D eigenvalue weighted by Crippen LogP contribution is -2.42. The lowest BCUT2D eigenvalue weighted by atomic mass is 10.1. The highest BCUT2D eigenvalue weighted by Gasteiger charge is 2.30. The number of aryl methyl sites for hydroxylation is 3. The molecule has 0 fully saturated rings. The Labute approximate surface area is 201 Å². The number of hydrogen-bond acceptors (Lipinski definition) is 3. The van der Waals surface area contributed by atoms with Crippen LogP contribution in [0.4, 0.5) is 4.39 Å². The van der Waals surface area contributed by atoms with Crippen molar-refractivity contribution < 1.29 is 17.6 Å². The van der Waals surface area contributed by atoms with E-state index in [1.54, 1.807) is 32.9 Å². The van der Waals surface area contributed by atoms with E-state index in [1.165, 1.54) is 16.4 Å². The molecule has 3 aromatic carbocycles. The number of nitrogens with zero attached hydrogens (tertiary/aromatic N) is 1. The summed E-state index contributed by atoms with van der Waals surface area (Å²) < 4.78 is 42.0. The van der Waals surface area contributed by atoms with Crippen LogP contribution in [0.25, 0.3) is 0 Å². The number of carbonyl (C=O) groups excluding carboxylic acids is 1. The molecule has 0 aliphatic carbocycles. The lowest BCUT2D eigenvalue weighted by Gasteiger charge is -2.25. The Bertz CT molecular complexity index is 1220. The van der Waals surface area contributed by atoms with Gasteiger partial charge in [0.05, 0.1) is 17.5 Å². The first-order valence-corrected chi connectivity index (χ1v) is 12.7. The summed E-state index contributed by atoms with van der Waals surface area (Å²) in [5.74, 6) is -0.778. The Morgan fingerprint density at radius 1 is 0.971 bits per heavy atom. The molecule has 34 heavy (non-hydrogen) atoms. The van der Waals surface area contributed by atoms with E-state index in [0.29, 0.717) is 17.5 Å². The molecule has 0 radical (unpaired) electrons. The van der Waals surface area contributed by atoms with Gasteiger partial charge < -0.3 is 5.32 Å². The maximum absolute atomic E-state index is 13.7. The highest BCUT2D eigenvalue weighted by molar-refractivity contribution is 7.89. The SMILES string of the molecule is Cc1cc(C)c(S(=O)(=O)N(CCc2ccccc2)CC(=O)NC(C)c2ccc(F)cc2)c(C)c1. The first-order valence-electron chi connectivity index (χ1n) is 11.2. The summed E-state index contributed by atoms with van der Waals surface area (Å²) in [7, 11) is -3.93. The van der Waals surface area contributed by atoms with Gasteiger partial charge in [-0.15, -0.1) is 0 Å². The molecule has 3 aromatic rings. The quantitative estimate of drug-likeness (QED) is 0.474. The number of sulfonamides is 1. The van der Waals surface area contributed by atoms with E-state index >= 15 is 0 Å². The van der Waals surface area contributed by atoms with Crippen molar-refractivity contribution in [2.75, 3.05) is 13.1 Å². The zero-order valence-corrected chi connectivity index (χ0v) is 20.8. The Balaban J connectivity index is 1.85. The topological polar surface area (TPSA) is 66.5 Å². The van der Waals surface area contributed by atoms with Gasteiger partial charge in [0.25, 0.3) is 0 Å². The average Bonchev–Trinajstić information content (AvgIpc) is 2.76. The second kappa shape index (κ2) is 10.9. The average molecular weight is 483 g/mol. The molecule has 180 valence electrons. The molecule has 1 atom stereocenters. The maximum atomic E-state index is 13.7. The van der Waals surface area contributed by atoms with Crippen molar-refractivity contribution in [3.63, 3.8) is 0 Å². The smallest absolute Gasteiger partial charge is 0.244 e. The van der Waals surface area contributed by atoms with Crippen molar-refractivity contribution in [1.82, 2.24) is 9.62 Å². The Morgan fingerprint density at radius 2 is 1.56 bits per heavy atom. The molecule has 5 nitrogen and oxygen atoms in total. The van der Waals surface area contributed by atoms with Crippen LogP contribution in [-0.2, 0) is 21.2 Å². The molecule has 0 saturated heterocycles. The third-order valence-corrected chi connectivity index (χ3v) is 7.91. The zero-order chi connectivity index (χ0) is 24.9. The third kappa shape index (κ3) is 6.30. The summed E-state index contributed by atoms with van der Waals surface area (Å²) in [4.78, 5) is 13.2. The van der Waals surface area contributed by atoms with Crippen molar-refractivity contribution in [1.29, 1.82) is 0 Å². The molecule has 0 heterocycles. The van der Waals surface area contributed by atoms with Crippen molar-refractivity contribution in [2.45, 2.75) is 45.1 Å². The first-order chi connectivity index (χ1) is 16.1. The second-order valence-electron chi connectivity index (χ2n) is 8.64. The summed E-state index contributed by atoms with van der Waals surface area (Å²) in [6.45, 7) is 7.11. The van der Waals surface area contributed by atoms with Gasteiger partial charge in [-0.25, -0.2) is 12.8 Å². The monoisotopic (exact) mass is 482 g/mol. The Morgan fingerprint density at radius 3 is 2.15 bits per heavy atom. The van der Waals surface area contributed by atoms with Crippen LogP contribution in [-0.4, -0.2) is 31.7 Å². The van der Waals surface area contributed by atoms with Crippen LogP contribution in [0.2, 0.25) is 0 Å². The number of halogens is 1. The van der Waals surface area contributed by atoms with E-state index in [0.717, 1.165) is 16.7 Å². The van der Waals surface area contributed by atoms with Crippen LogP contribution in [0, 0.1) is 26.6 Å². The van der Waals surface area contributed by atoms with Gasteiger partial charge in [-0.05, 0) is 68.5 Å². The third-order valence-electron chi connectivity index (χ3n) is 5.76. The molecule has 7 heteroatoms. The molecule has 1 unspecified atom stereocenters. The highest BCUT2D eigenvalue weighted by Crippen LogP contribution is 2.25. The molecular weight excluding hydrogens is 451 g/mol. The predicted molar refractivity (Wildman–Crippen MR) is 133 cm³/mol. The second-order valence-corrected chi connectivity index (χ2v) is 10.5. The van der Waals surface area contributed by atoms with Crippen LogP contribution in [0.1, 0.15) is 40.8 Å². The number of benzene rings is 3. The minimum atomic E-state index is -3.93. The zero-order valence-electron chi connectivity index (χ0n) is 20.0. The van der Waals surface area contributed by atoms with Gasteiger partial charge in [0.1, 0.15) is 5.82 Å². The molecule has 0 spiro atoms. The number of carbonyl (C=O) groups is 1. The minimum absolute atomic E-state index is 0.164. The van der Waals surface area contributed by atoms with Crippen LogP contribution in [0.5, 0.6) is 0 Å². The Kier molecular flexibility index (Phi) is 8.23. The highest BCUT2D eigenvalue weighted by atomic mass is 32.2.